The molecular formula is C28H32Cl2F3NO5S. The Bertz CT molecular complexity index is 1360. The van der Waals surface area contributed by atoms with Crippen LogP contribution in [0.3, 0.4) is 0 Å². The number of carboxylic acid groups (broad SMARTS) is 1. The number of piperidine rings is 1. The minimum atomic E-state index is -4.82. The average Bonchev–Trinajstić information content (AvgIpc) is 2.78. The lowest BCUT2D eigenvalue weighted by molar-refractivity contribution is -0.171. The fraction of sp³-hybridized carbons (Fsp3) is 0.500. The number of alkyl halides is 3. The molecule has 0 spiro atoms. The minimum Gasteiger partial charge on any atom is -0.481 e. The second-order valence-electron chi connectivity index (χ2n) is 11.6. The summed E-state index contributed by atoms with van der Waals surface area (Å²) >= 11 is 12.4. The molecule has 0 unspecified atom stereocenters. The lowest BCUT2D eigenvalue weighted by atomic mass is 9.67. The van der Waals surface area contributed by atoms with Gasteiger partial charge in [-0.2, -0.15) is 13.2 Å². The smallest absolute Gasteiger partial charge is 0.391 e. The molecule has 1 fully saturated rings. The number of carboxylic acids is 1. The first-order chi connectivity index (χ1) is 18.2. The van der Waals surface area contributed by atoms with E-state index in [4.69, 9.17) is 23.2 Å². The largest absolute Gasteiger partial charge is 0.481 e. The van der Waals surface area contributed by atoms with Crippen molar-refractivity contribution in [1.82, 2.24) is 4.90 Å². The SMILES string of the molecule is CC(C)(C)S(=O)(=O)C[C@H](CC(F)(F)F)N1C(=O)[C@@](C)(CC(=O)O)C[C@H](c2cccc(Cl)c2)[C@H]1c1ccc(Cl)cc1. The molecule has 2 aromatic rings. The van der Waals surface area contributed by atoms with Crippen LogP contribution < -0.4 is 0 Å². The molecule has 3 rings (SSSR count). The van der Waals surface area contributed by atoms with E-state index in [0.29, 0.717) is 21.2 Å². The first-order valence-electron chi connectivity index (χ1n) is 12.6. The van der Waals surface area contributed by atoms with Crippen LogP contribution in [0, 0.1) is 5.41 Å². The topological polar surface area (TPSA) is 91.8 Å². The van der Waals surface area contributed by atoms with E-state index in [-0.39, 0.29) is 6.42 Å². The van der Waals surface area contributed by atoms with Crippen molar-refractivity contribution in [2.45, 2.75) is 75.9 Å². The molecule has 1 N–H and O–H groups in total. The van der Waals surface area contributed by atoms with Gasteiger partial charge in [0, 0.05) is 16.0 Å². The number of sulfone groups is 1. The summed E-state index contributed by atoms with van der Waals surface area (Å²) in [6.07, 6.45) is -7.09. The maximum Gasteiger partial charge on any atom is 0.391 e. The summed E-state index contributed by atoms with van der Waals surface area (Å²) in [6, 6.07) is 9.93. The molecule has 1 aliphatic rings. The third kappa shape index (κ3) is 7.31. The van der Waals surface area contributed by atoms with Gasteiger partial charge in [0.1, 0.15) is 0 Å². The molecule has 12 heteroatoms. The number of amides is 1. The van der Waals surface area contributed by atoms with E-state index >= 15 is 0 Å². The molecule has 0 aromatic heterocycles. The summed E-state index contributed by atoms with van der Waals surface area (Å²) in [4.78, 5) is 27.0. The van der Waals surface area contributed by atoms with Crippen LogP contribution in [-0.4, -0.2) is 53.0 Å². The molecular weight excluding hydrogens is 590 g/mol. The number of carbonyl (C=O) groups is 2. The number of nitrogens with zero attached hydrogens (tertiary/aromatic N) is 1. The van der Waals surface area contributed by atoms with Crippen molar-refractivity contribution in [3.8, 4) is 0 Å². The molecule has 1 amide bonds. The van der Waals surface area contributed by atoms with Gasteiger partial charge in [-0.05, 0) is 62.6 Å². The van der Waals surface area contributed by atoms with Gasteiger partial charge in [0.25, 0.3) is 0 Å². The van der Waals surface area contributed by atoms with Crippen LogP contribution in [0.25, 0.3) is 0 Å². The van der Waals surface area contributed by atoms with Gasteiger partial charge in [0.2, 0.25) is 5.91 Å². The molecule has 1 heterocycles. The highest BCUT2D eigenvalue weighted by Gasteiger charge is 2.54. The first kappa shape index (κ1) is 32.2. The number of carbonyl (C=O) groups excluding carboxylic acids is 1. The second kappa shape index (κ2) is 11.5. The summed E-state index contributed by atoms with van der Waals surface area (Å²) < 4.78 is 67.3. The lowest BCUT2D eigenvalue weighted by Crippen LogP contribution is -2.58. The minimum absolute atomic E-state index is 0.0208. The van der Waals surface area contributed by atoms with Crippen molar-refractivity contribution in [2.75, 3.05) is 5.75 Å². The lowest BCUT2D eigenvalue weighted by Gasteiger charge is -2.52. The van der Waals surface area contributed by atoms with E-state index in [2.05, 4.69) is 0 Å². The molecule has 0 saturated carbocycles. The first-order valence-corrected chi connectivity index (χ1v) is 15.0. The Hall–Kier alpha value is -2.30. The fourth-order valence-electron chi connectivity index (χ4n) is 5.29. The standard InChI is InChI=1S/C28H32Cl2F3NO5S/c1-26(2,3)40(38,39)16-21(13-28(31,32)33)34-24(17-8-10-19(29)11-9-17)22(18-6-5-7-20(30)12-18)14-27(4,25(34)37)15-23(35)36/h5-12,21-22,24H,13-16H2,1-4H3,(H,35,36)/t21-,22+,24+,27+/m0/s1. The molecule has 0 radical (unpaired) electrons. The Morgan fingerprint density at radius 1 is 1.07 bits per heavy atom. The number of rotatable bonds is 8. The Morgan fingerprint density at radius 3 is 2.17 bits per heavy atom. The van der Waals surface area contributed by atoms with Gasteiger partial charge in [-0.15, -0.1) is 0 Å². The van der Waals surface area contributed by atoms with Gasteiger partial charge in [0.05, 0.1) is 40.8 Å². The highest BCUT2D eigenvalue weighted by atomic mass is 35.5. The van der Waals surface area contributed by atoms with Crippen LogP contribution in [-0.2, 0) is 19.4 Å². The molecule has 40 heavy (non-hydrogen) atoms. The zero-order valence-corrected chi connectivity index (χ0v) is 24.8. The molecule has 0 bridgehead atoms. The van der Waals surface area contributed by atoms with Gasteiger partial charge in [0.15, 0.2) is 9.84 Å². The summed E-state index contributed by atoms with van der Waals surface area (Å²) in [5, 5.41) is 10.4. The molecule has 220 valence electrons. The van der Waals surface area contributed by atoms with Crippen LogP contribution in [0.2, 0.25) is 10.0 Å². The Morgan fingerprint density at radius 2 is 1.68 bits per heavy atom. The molecule has 1 saturated heterocycles. The van der Waals surface area contributed by atoms with Crippen molar-refractivity contribution in [3.63, 3.8) is 0 Å². The van der Waals surface area contributed by atoms with Crippen LogP contribution in [0.1, 0.15) is 70.0 Å². The number of hydrogen-bond acceptors (Lipinski definition) is 4. The zero-order chi connectivity index (χ0) is 30.3. The van der Waals surface area contributed by atoms with E-state index in [0.717, 1.165) is 4.90 Å². The summed E-state index contributed by atoms with van der Waals surface area (Å²) in [6.45, 7) is 5.54. The average molecular weight is 623 g/mol. The van der Waals surface area contributed by atoms with E-state index < -0.39 is 74.6 Å². The number of hydrogen-bond donors (Lipinski definition) is 1. The van der Waals surface area contributed by atoms with Crippen molar-refractivity contribution in [3.05, 3.63) is 69.7 Å². The van der Waals surface area contributed by atoms with E-state index in [1.807, 2.05) is 0 Å². The number of aliphatic carboxylic acids is 1. The van der Waals surface area contributed by atoms with Crippen molar-refractivity contribution in [1.29, 1.82) is 0 Å². The van der Waals surface area contributed by atoms with Gasteiger partial charge < -0.3 is 10.0 Å². The Balaban J connectivity index is 2.35. The van der Waals surface area contributed by atoms with E-state index in [1.165, 1.54) is 39.8 Å². The molecule has 2 aromatic carbocycles. The predicted molar refractivity (Wildman–Crippen MR) is 148 cm³/mol. The Labute approximate surface area is 242 Å². The molecule has 6 nitrogen and oxygen atoms in total. The van der Waals surface area contributed by atoms with Gasteiger partial charge in [-0.1, -0.05) is 54.4 Å². The van der Waals surface area contributed by atoms with Crippen molar-refractivity contribution < 1.29 is 36.3 Å². The predicted octanol–water partition coefficient (Wildman–Crippen LogP) is 7.07. The fourth-order valence-corrected chi connectivity index (χ4v) is 6.90. The summed E-state index contributed by atoms with van der Waals surface area (Å²) in [7, 11) is -4.16. The zero-order valence-electron chi connectivity index (χ0n) is 22.5. The highest BCUT2D eigenvalue weighted by molar-refractivity contribution is 7.92. The number of benzene rings is 2. The van der Waals surface area contributed by atoms with Crippen LogP contribution >= 0.6 is 23.2 Å². The second-order valence-corrected chi connectivity index (χ2v) is 15.2. The van der Waals surface area contributed by atoms with Crippen LogP contribution in [0.4, 0.5) is 13.2 Å². The third-order valence-electron chi connectivity index (χ3n) is 7.34. The Kier molecular flexibility index (Phi) is 9.28. The van der Waals surface area contributed by atoms with Crippen LogP contribution in [0.5, 0.6) is 0 Å². The molecule has 0 aliphatic carbocycles. The molecule has 4 atom stereocenters. The quantitative estimate of drug-likeness (QED) is 0.340. The summed E-state index contributed by atoms with van der Waals surface area (Å²) in [5.74, 6) is -3.83. The van der Waals surface area contributed by atoms with Crippen LogP contribution in [0.15, 0.2) is 48.5 Å². The normalized spacial score (nSPS) is 23.2. The molecule has 1 aliphatic heterocycles. The maximum atomic E-state index is 14.2. The van der Waals surface area contributed by atoms with E-state index in [1.54, 1.807) is 36.4 Å². The monoisotopic (exact) mass is 621 g/mol. The third-order valence-corrected chi connectivity index (χ3v) is 10.5. The van der Waals surface area contributed by atoms with E-state index in [9.17, 15) is 36.3 Å². The highest BCUT2D eigenvalue weighted by Crippen LogP contribution is 2.53. The van der Waals surface area contributed by atoms with Crippen molar-refractivity contribution >= 4 is 44.9 Å². The van der Waals surface area contributed by atoms with Gasteiger partial charge >= 0.3 is 12.1 Å². The summed E-state index contributed by atoms with van der Waals surface area (Å²) in [5.41, 5.74) is -0.622. The van der Waals surface area contributed by atoms with Crippen molar-refractivity contribution in [2.24, 2.45) is 5.41 Å². The van der Waals surface area contributed by atoms with Gasteiger partial charge in [-0.25, -0.2) is 8.42 Å². The number of likely N-dealkylation sites (tertiary alicyclic amines) is 1. The maximum absolute atomic E-state index is 14.2. The number of halogens is 5. The van der Waals surface area contributed by atoms with Gasteiger partial charge in [-0.3, -0.25) is 9.59 Å².